The van der Waals surface area contributed by atoms with E-state index in [4.69, 9.17) is 14.7 Å². The number of hydrogen-bond donors (Lipinski definition) is 1. The number of hydrogen-bond acceptors (Lipinski definition) is 9. The van der Waals surface area contributed by atoms with Crippen molar-refractivity contribution < 1.29 is 45.4 Å². The molecule has 45 heavy (non-hydrogen) atoms. The van der Waals surface area contributed by atoms with Crippen LogP contribution in [0.2, 0.25) is 0 Å². The van der Waals surface area contributed by atoms with Gasteiger partial charge in [0.05, 0.1) is 23.6 Å². The molecule has 0 atom stereocenters. The molecule has 0 aliphatic heterocycles. The monoisotopic (exact) mass is 652 g/mol. The third-order valence-electron chi connectivity index (χ3n) is 6.33. The lowest BCUT2D eigenvalue weighted by atomic mass is 10.0. The Labute approximate surface area is 258 Å². The van der Waals surface area contributed by atoms with Crippen LogP contribution in [0.25, 0.3) is 21.9 Å². The molecule has 4 aromatic carbocycles. The zero-order chi connectivity index (χ0) is 32.4. The summed E-state index contributed by atoms with van der Waals surface area (Å²) in [5.41, 5.74) is 0.636. The van der Waals surface area contributed by atoms with Crippen LogP contribution < -0.4 is 14.2 Å². The predicted octanol–water partition coefficient (Wildman–Crippen LogP) is 7.29. The van der Waals surface area contributed by atoms with Gasteiger partial charge in [-0.15, -0.1) is 11.3 Å². The molecule has 5 rings (SSSR count). The number of nitrogens with one attached hydrogen (secondary N) is 1. The predicted molar refractivity (Wildman–Crippen MR) is 159 cm³/mol. The summed E-state index contributed by atoms with van der Waals surface area (Å²) in [6.07, 6.45) is -5.40. The van der Waals surface area contributed by atoms with E-state index < -0.39 is 28.1 Å². The number of ether oxygens (including phenoxy) is 3. The highest BCUT2D eigenvalue weighted by molar-refractivity contribution is 7.92. The van der Waals surface area contributed by atoms with Gasteiger partial charge in [-0.2, -0.15) is 18.4 Å². The number of nitrogens with zero attached hydrogens (tertiary/aromatic N) is 1. The molecule has 0 unspecified atom stereocenters. The molecule has 14 heteroatoms. The number of sulfonamides is 1. The maximum Gasteiger partial charge on any atom is 0.491 e. The fraction of sp³-hybridized carbons (Fsp3) is 0.0645. The second-order valence-electron chi connectivity index (χ2n) is 9.27. The molecular formula is C31H19F3N2O7S2. The number of fused-ring (bicyclic) bond motifs is 1. The van der Waals surface area contributed by atoms with Crippen LogP contribution in [0.15, 0.2) is 95.2 Å². The molecule has 0 bridgehead atoms. The third kappa shape index (κ3) is 6.90. The molecule has 1 N–H and O–H groups in total. The molecular weight excluding hydrogens is 633 g/mol. The lowest BCUT2D eigenvalue weighted by Gasteiger charge is -2.15. The van der Waals surface area contributed by atoms with Crippen LogP contribution in [0.5, 0.6) is 17.2 Å². The van der Waals surface area contributed by atoms with Gasteiger partial charge in [-0.25, -0.2) is 18.0 Å². The highest BCUT2D eigenvalue weighted by atomic mass is 32.2. The van der Waals surface area contributed by atoms with Crippen molar-refractivity contribution in [3.63, 3.8) is 0 Å². The molecule has 1 aromatic heterocycles. The Balaban J connectivity index is 1.55. The van der Waals surface area contributed by atoms with E-state index in [9.17, 15) is 31.2 Å². The molecule has 1 heterocycles. The van der Waals surface area contributed by atoms with Crippen molar-refractivity contribution in [1.82, 2.24) is 0 Å². The van der Waals surface area contributed by atoms with Crippen molar-refractivity contribution in [3.05, 3.63) is 101 Å². The van der Waals surface area contributed by atoms with Crippen LogP contribution in [0.3, 0.4) is 0 Å². The summed E-state index contributed by atoms with van der Waals surface area (Å²) in [7, 11) is -2.68. The Bertz CT molecular complexity index is 2090. The largest absolute Gasteiger partial charge is 0.497 e. The Morgan fingerprint density at radius 3 is 2.24 bits per heavy atom. The SMILES string of the molecule is COc1ccc(S(=O)(=O)Nc2ccc(Oc3ccc4cc(C#N)ccc4c3)c(-c3ccsc3C(=O)OC(=O)C(F)(F)F)c2)cc1. The van der Waals surface area contributed by atoms with Crippen LogP contribution in [-0.4, -0.2) is 33.6 Å². The number of carbonyl (C=O) groups excluding carboxylic acids is 2. The molecule has 9 nitrogen and oxygen atoms in total. The molecule has 0 saturated heterocycles. The highest BCUT2D eigenvalue weighted by Gasteiger charge is 2.43. The number of rotatable bonds is 8. The molecule has 0 saturated carbocycles. The summed E-state index contributed by atoms with van der Waals surface area (Å²) >= 11 is 0.718. The van der Waals surface area contributed by atoms with Gasteiger partial charge in [0.15, 0.2) is 0 Å². The Morgan fingerprint density at radius 1 is 0.867 bits per heavy atom. The average Bonchev–Trinajstić information content (AvgIpc) is 3.51. The van der Waals surface area contributed by atoms with Crippen LogP contribution in [-0.2, 0) is 19.6 Å². The number of nitriles is 1. The van der Waals surface area contributed by atoms with Crippen LogP contribution in [0.1, 0.15) is 15.2 Å². The molecule has 0 radical (unpaired) electrons. The number of carbonyl (C=O) groups is 2. The van der Waals surface area contributed by atoms with Crippen molar-refractivity contribution in [3.8, 4) is 34.4 Å². The number of methoxy groups -OCH3 is 1. The fourth-order valence-corrected chi connectivity index (χ4v) is 6.05. The molecule has 0 aliphatic carbocycles. The van der Waals surface area contributed by atoms with Gasteiger partial charge in [-0.1, -0.05) is 12.1 Å². The molecule has 5 aromatic rings. The molecule has 228 valence electrons. The van der Waals surface area contributed by atoms with Crippen molar-refractivity contribution in [2.45, 2.75) is 11.1 Å². The lowest BCUT2D eigenvalue weighted by molar-refractivity contribution is -0.193. The Morgan fingerprint density at radius 2 is 1.56 bits per heavy atom. The van der Waals surface area contributed by atoms with Gasteiger partial charge in [0.2, 0.25) is 0 Å². The maximum atomic E-state index is 13.1. The minimum Gasteiger partial charge on any atom is -0.497 e. The standard InChI is InChI=1S/C31H19F3N2O7S2/c1-41-22-7-9-24(10-8-22)45(39,40)36-21-5-11-27(42-23-6-4-19-14-18(17-35)2-3-20(19)15-23)26(16-21)25-12-13-44-28(25)29(37)43-30(38)31(32,33)34/h2-16,36H,1H3. The topological polar surface area (TPSA) is 132 Å². The fourth-order valence-electron chi connectivity index (χ4n) is 4.21. The number of anilines is 1. The van der Waals surface area contributed by atoms with Crippen molar-refractivity contribution in [2.24, 2.45) is 0 Å². The minimum absolute atomic E-state index is 0.0277. The van der Waals surface area contributed by atoms with E-state index in [1.54, 1.807) is 36.4 Å². The maximum absolute atomic E-state index is 13.1. The number of benzene rings is 4. The first-order valence-electron chi connectivity index (χ1n) is 12.7. The van der Waals surface area contributed by atoms with Gasteiger partial charge < -0.3 is 14.2 Å². The van der Waals surface area contributed by atoms with E-state index in [-0.39, 0.29) is 32.3 Å². The van der Waals surface area contributed by atoms with Gasteiger partial charge in [0.1, 0.15) is 22.1 Å². The quantitative estimate of drug-likeness (QED) is 0.137. The average molecular weight is 653 g/mol. The highest BCUT2D eigenvalue weighted by Crippen LogP contribution is 2.40. The minimum atomic E-state index is -5.40. The Kier molecular flexibility index (Phi) is 8.49. The zero-order valence-electron chi connectivity index (χ0n) is 22.9. The second kappa shape index (κ2) is 12.3. The molecule has 0 aliphatic rings. The molecule has 0 spiro atoms. The van der Waals surface area contributed by atoms with E-state index >= 15 is 0 Å². The first-order chi connectivity index (χ1) is 21.4. The van der Waals surface area contributed by atoms with Gasteiger partial charge >= 0.3 is 18.1 Å². The van der Waals surface area contributed by atoms with Gasteiger partial charge in [-0.3, -0.25) is 4.72 Å². The van der Waals surface area contributed by atoms with Crippen molar-refractivity contribution in [2.75, 3.05) is 11.8 Å². The number of esters is 2. The molecule has 0 fully saturated rings. The van der Waals surface area contributed by atoms with Crippen molar-refractivity contribution in [1.29, 1.82) is 5.26 Å². The second-order valence-corrected chi connectivity index (χ2v) is 11.9. The van der Waals surface area contributed by atoms with Gasteiger partial charge in [-0.05, 0) is 88.9 Å². The normalized spacial score (nSPS) is 11.4. The van der Waals surface area contributed by atoms with Crippen LogP contribution in [0.4, 0.5) is 18.9 Å². The summed E-state index contributed by atoms with van der Waals surface area (Å²) in [5, 5.41) is 12.1. The summed E-state index contributed by atoms with van der Waals surface area (Å²) in [5.74, 6) is -3.36. The van der Waals surface area contributed by atoms with E-state index in [0.29, 0.717) is 17.1 Å². The first kappa shape index (κ1) is 31.0. The van der Waals surface area contributed by atoms with Crippen LogP contribution >= 0.6 is 11.3 Å². The lowest BCUT2D eigenvalue weighted by Crippen LogP contribution is -2.27. The smallest absolute Gasteiger partial charge is 0.491 e. The zero-order valence-corrected chi connectivity index (χ0v) is 24.5. The molecule has 0 amide bonds. The summed E-state index contributed by atoms with van der Waals surface area (Å²) in [4.78, 5) is 23.6. The van der Waals surface area contributed by atoms with Gasteiger partial charge in [0, 0.05) is 16.8 Å². The van der Waals surface area contributed by atoms with Crippen LogP contribution in [0, 0.1) is 11.3 Å². The number of halogens is 3. The van der Waals surface area contributed by atoms with E-state index in [0.717, 1.165) is 22.1 Å². The van der Waals surface area contributed by atoms with Gasteiger partial charge in [0.25, 0.3) is 10.0 Å². The summed E-state index contributed by atoms with van der Waals surface area (Å²) < 4.78 is 82.3. The van der Waals surface area contributed by atoms with E-state index in [2.05, 4.69) is 15.5 Å². The first-order valence-corrected chi connectivity index (χ1v) is 15.1. The summed E-state index contributed by atoms with van der Waals surface area (Å²) in [6.45, 7) is 0. The van der Waals surface area contributed by atoms with E-state index in [1.165, 1.54) is 61.0 Å². The third-order valence-corrected chi connectivity index (χ3v) is 8.62. The number of thiophene rings is 1. The van der Waals surface area contributed by atoms with E-state index in [1.807, 2.05) is 0 Å². The van der Waals surface area contributed by atoms with Crippen molar-refractivity contribution >= 4 is 49.8 Å². The number of alkyl halides is 3. The Hall–Kier alpha value is -5.39. The summed E-state index contributed by atoms with van der Waals surface area (Å²) in [6, 6.07) is 23.3.